The van der Waals surface area contributed by atoms with E-state index >= 15 is 0 Å². The van der Waals surface area contributed by atoms with Gasteiger partial charge in [-0.15, -0.1) is 0 Å². The molecule has 0 aliphatic heterocycles. The Morgan fingerprint density at radius 2 is 1.90 bits per heavy atom. The Morgan fingerprint density at radius 1 is 1.19 bits per heavy atom. The molecule has 0 heterocycles. The molecule has 2 nitrogen and oxygen atoms in total. The molecule has 0 amide bonds. The number of hydrogen-bond acceptors (Lipinski definition) is 2. The zero-order valence-corrected chi connectivity index (χ0v) is 13.0. The lowest BCUT2D eigenvalue weighted by Gasteiger charge is -2.23. The minimum atomic E-state index is -0.942. The third-order valence-electron chi connectivity index (χ3n) is 3.40. The van der Waals surface area contributed by atoms with Crippen molar-refractivity contribution in [3.63, 3.8) is 0 Å². The van der Waals surface area contributed by atoms with E-state index in [4.69, 9.17) is 28.9 Å². The quantitative estimate of drug-likeness (QED) is 0.883. The average Bonchev–Trinajstić information content (AvgIpc) is 2.40. The molecule has 112 valence electrons. The molecule has 2 unspecified atom stereocenters. The first-order chi connectivity index (χ1) is 9.92. The minimum absolute atomic E-state index is 0.179. The van der Waals surface area contributed by atoms with Crippen LogP contribution < -0.4 is 5.73 Å². The van der Waals surface area contributed by atoms with E-state index in [9.17, 15) is 9.50 Å². The van der Waals surface area contributed by atoms with Gasteiger partial charge in [-0.05, 0) is 47.9 Å². The largest absolute Gasteiger partial charge is 0.388 e. The molecule has 0 saturated carbocycles. The van der Waals surface area contributed by atoms with Crippen LogP contribution in [0.4, 0.5) is 4.39 Å². The van der Waals surface area contributed by atoms with Crippen LogP contribution in [0.25, 0.3) is 0 Å². The monoisotopic (exact) mass is 327 g/mol. The summed E-state index contributed by atoms with van der Waals surface area (Å²) in [5.41, 5.74) is 7.69. The molecule has 2 rings (SSSR count). The molecule has 2 aromatic carbocycles. The summed E-state index contributed by atoms with van der Waals surface area (Å²) in [6, 6.07) is 9.48. The summed E-state index contributed by atoms with van der Waals surface area (Å²) < 4.78 is 13.5. The number of aliphatic hydroxyl groups is 1. The van der Waals surface area contributed by atoms with E-state index in [1.54, 1.807) is 31.2 Å². The molecule has 0 aromatic heterocycles. The van der Waals surface area contributed by atoms with Gasteiger partial charge in [0, 0.05) is 22.5 Å². The lowest BCUT2D eigenvalue weighted by molar-refractivity contribution is 0.147. The van der Waals surface area contributed by atoms with Crippen LogP contribution in [0.2, 0.25) is 10.0 Å². The van der Waals surface area contributed by atoms with E-state index in [-0.39, 0.29) is 12.4 Å². The van der Waals surface area contributed by atoms with Gasteiger partial charge in [0.25, 0.3) is 0 Å². The zero-order valence-electron chi connectivity index (χ0n) is 11.5. The van der Waals surface area contributed by atoms with Crippen LogP contribution in [0.1, 0.15) is 28.7 Å². The van der Waals surface area contributed by atoms with E-state index in [0.717, 1.165) is 5.56 Å². The van der Waals surface area contributed by atoms with Crippen LogP contribution in [0.5, 0.6) is 0 Å². The molecular formula is C16H16Cl2FNO. The van der Waals surface area contributed by atoms with E-state index in [2.05, 4.69) is 0 Å². The van der Waals surface area contributed by atoms with Crippen LogP contribution >= 0.6 is 23.2 Å². The van der Waals surface area contributed by atoms with Crippen molar-refractivity contribution in [3.05, 3.63) is 69.0 Å². The minimum Gasteiger partial charge on any atom is -0.388 e. The zero-order chi connectivity index (χ0) is 15.6. The maximum Gasteiger partial charge on any atom is 0.123 e. The van der Waals surface area contributed by atoms with E-state index in [1.807, 2.05) is 0 Å². The molecule has 2 atom stereocenters. The fourth-order valence-corrected chi connectivity index (χ4v) is 2.94. The number of hydrogen-bond donors (Lipinski definition) is 2. The molecule has 0 radical (unpaired) electrons. The summed E-state index contributed by atoms with van der Waals surface area (Å²) in [6.45, 7) is 1.95. The first-order valence-corrected chi connectivity index (χ1v) is 7.28. The Labute approximate surface area is 133 Å². The smallest absolute Gasteiger partial charge is 0.123 e. The number of nitrogens with two attached hydrogens (primary N) is 1. The summed E-state index contributed by atoms with van der Waals surface area (Å²) in [7, 11) is 0. The van der Waals surface area contributed by atoms with Gasteiger partial charge in [-0.3, -0.25) is 0 Å². The van der Waals surface area contributed by atoms with Gasteiger partial charge in [0.05, 0.1) is 6.10 Å². The summed E-state index contributed by atoms with van der Waals surface area (Å²) in [5.74, 6) is -0.821. The average molecular weight is 328 g/mol. The molecule has 5 heteroatoms. The SMILES string of the molecule is Cc1cc(F)cc(C(O)C(CN)c2ccc(Cl)cc2Cl)c1. The number of halogens is 3. The molecule has 2 aromatic rings. The van der Waals surface area contributed by atoms with Gasteiger partial charge in [-0.2, -0.15) is 0 Å². The van der Waals surface area contributed by atoms with Gasteiger partial charge in [0.2, 0.25) is 0 Å². The van der Waals surface area contributed by atoms with Crippen molar-refractivity contribution in [2.24, 2.45) is 5.73 Å². The Bertz CT molecular complexity index is 628. The molecule has 0 spiro atoms. The van der Waals surface area contributed by atoms with Crippen molar-refractivity contribution in [2.75, 3.05) is 6.54 Å². The van der Waals surface area contributed by atoms with Crippen molar-refractivity contribution in [1.82, 2.24) is 0 Å². The number of rotatable bonds is 4. The van der Waals surface area contributed by atoms with Crippen LogP contribution in [0.3, 0.4) is 0 Å². The van der Waals surface area contributed by atoms with Gasteiger partial charge >= 0.3 is 0 Å². The molecule has 0 aliphatic rings. The predicted octanol–water partition coefficient (Wildman–Crippen LogP) is 4.22. The summed E-state index contributed by atoms with van der Waals surface area (Å²) in [5, 5.41) is 11.5. The Morgan fingerprint density at radius 3 is 2.48 bits per heavy atom. The highest BCUT2D eigenvalue weighted by molar-refractivity contribution is 6.35. The van der Waals surface area contributed by atoms with Crippen LogP contribution in [0, 0.1) is 12.7 Å². The molecule has 0 aliphatic carbocycles. The lowest BCUT2D eigenvalue weighted by atomic mass is 9.88. The van der Waals surface area contributed by atoms with Crippen molar-refractivity contribution in [3.8, 4) is 0 Å². The van der Waals surface area contributed by atoms with Crippen molar-refractivity contribution in [1.29, 1.82) is 0 Å². The first-order valence-electron chi connectivity index (χ1n) is 6.52. The molecule has 3 N–H and O–H groups in total. The Balaban J connectivity index is 2.40. The third kappa shape index (κ3) is 3.74. The Hall–Kier alpha value is -1.13. The third-order valence-corrected chi connectivity index (χ3v) is 3.97. The van der Waals surface area contributed by atoms with Crippen molar-refractivity contribution < 1.29 is 9.50 Å². The second kappa shape index (κ2) is 6.75. The fourth-order valence-electron chi connectivity index (χ4n) is 2.40. The van der Waals surface area contributed by atoms with Gasteiger partial charge in [0.1, 0.15) is 5.82 Å². The highest BCUT2D eigenvalue weighted by Crippen LogP contribution is 2.35. The highest BCUT2D eigenvalue weighted by atomic mass is 35.5. The molecule has 0 saturated heterocycles. The van der Waals surface area contributed by atoms with Crippen LogP contribution in [-0.2, 0) is 0 Å². The highest BCUT2D eigenvalue weighted by Gasteiger charge is 2.24. The lowest BCUT2D eigenvalue weighted by Crippen LogP contribution is -2.20. The van der Waals surface area contributed by atoms with Gasteiger partial charge in [-0.1, -0.05) is 35.3 Å². The molecule has 0 bridgehead atoms. The van der Waals surface area contributed by atoms with Gasteiger partial charge < -0.3 is 10.8 Å². The maximum absolute atomic E-state index is 13.5. The first kappa shape index (κ1) is 16.2. The Kier molecular flexibility index (Phi) is 5.22. The van der Waals surface area contributed by atoms with Gasteiger partial charge in [0.15, 0.2) is 0 Å². The molecule has 21 heavy (non-hydrogen) atoms. The standard InChI is InChI=1S/C16H16Cl2FNO/c1-9-4-10(6-12(19)5-9)16(21)14(8-20)13-3-2-11(17)7-15(13)18/h2-7,14,16,21H,8,20H2,1H3. The number of aliphatic hydroxyl groups excluding tert-OH is 1. The normalized spacial score (nSPS) is 14.0. The van der Waals surface area contributed by atoms with E-state index < -0.39 is 12.0 Å². The van der Waals surface area contributed by atoms with Crippen molar-refractivity contribution >= 4 is 23.2 Å². The van der Waals surface area contributed by atoms with Crippen LogP contribution in [0.15, 0.2) is 36.4 Å². The fraction of sp³-hybridized carbons (Fsp3) is 0.250. The molecular weight excluding hydrogens is 312 g/mol. The molecule has 0 fully saturated rings. The summed E-state index contributed by atoms with van der Waals surface area (Å²) in [6.07, 6.45) is -0.942. The van der Waals surface area contributed by atoms with Crippen LogP contribution in [-0.4, -0.2) is 11.7 Å². The summed E-state index contributed by atoms with van der Waals surface area (Å²) in [4.78, 5) is 0. The van der Waals surface area contributed by atoms with Gasteiger partial charge in [-0.25, -0.2) is 4.39 Å². The second-order valence-electron chi connectivity index (χ2n) is 5.01. The van der Waals surface area contributed by atoms with Crippen molar-refractivity contribution in [2.45, 2.75) is 18.9 Å². The topological polar surface area (TPSA) is 46.2 Å². The summed E-state index contributed by atoms with van der Waals surface area (Å²) >= 11 is 12.0. The number of benzene rings is 2. The van der Waals surface area contributed by atoms with E-state index in [1.165, 1.54) is 12.1 Å². The number of aryl methyl sites for hydroxylation is 1. The maximum atomic E-state index is 13.5. The predicted molar refractivity (Wildman–Crippen MR) is 84.4 cm³/mol. The second-order valence-corrected chi connectivity index (χ2v) is 5.86. The van der Waals surface area contributed by atoms with E-state index in [0.29, 0.717) is 21.2 Å².